The van der Waals surface area contributed by atoms with Gasteiger partial charge in [0.15, 0.2) is 0 Å². The van der Waals surface area contributed by atoms with Crippen LogP contribution in [0.2, 0.25) is 0 Å². The Kier molecular flexibility index (Phi) is 8.09. The lowest BCUT2D eigenvalue weighted by molar-refractivity contribution is -0.136. The number of methoxy groups -OCH3 is 1. The summed E-state index contributed by atoms with van der Waals surface area (Å²) in [6, 6.07) is 7.49. The first-order chi connectivity index (χ1) is 13.5. The van der Waals surface area contributed by atoms with E-state index in [1.54, 1.807) is 37.5 Å². The zero-order valence-corrected chi connectivity index (χ0v) is 16.3. The maximum absolute atomic E-state index is 11.7. The van der Waals surface area contributed by atoms with Crippen molar-refractivity contribution in [2.24, 2.45) is 0 Å². The summed E-state index contributed by atoms with van der Waals surface area (Å²) in [7, 11) is 1.62. The molecule has 148 valence electrons. The second-order valence-electron chi connectivity index (χ2n) is 6.06. The minimum absolute atomic E-state index is 0.164. The first kappa shape index (κ1) is 21.0. The normalized spacial score (nSPS) is 17.0. The molecule has 0 radical (unpaired) electrons. The molecule has 1 atom stereocenters. The van der Waals surface area contributed by atoms with Gasteiger partial charge < -0.3 is 19.5 Å². The number of benzene rings is 1. The Bertz CT molecular complexity index is 803. The smallest absolute Gasteiger partial charge is 0.308 e. The van der Waals surface area contributed by atoms with Crippen LogP contribution in [0.15, 0.2) is 72.2 Å². The average molecular weight is 383 g/mol. The third kappa shape index (κ3) is 6.79. The summed E-state index contributed by atoms with van der Waals surface area (Å²) in [6.07, 6.45) is 10.8. The molecular weight excluding hydrogens is 358 g/mol. The zero-order chi connectivity index (χ0) is 20.4. The molecule has 0 unspecified atom stereocenters. The van der Waals surface area contributed by atoms with E-state index in [2.05, 4.69) is 5.32 Å². The SMILES string of the molecule is C\C=C/C(=C\C=C\COC1=CC(=O)N[C@H]1Cc1ccc(OC)cc1)OC(C)=O. The number of nitrogens with one attached hydrogen (secondary N) is 1. The van der Waals surface area contributed by atoms with Gasteiger partial charge in [-0.3, -0.25) is 9.59 Å². The Morgan fingerprint density at radius 1 is 1.25 bits per heavy atom. The van der Waals surface area contributed by atoms with Gasteiger partial charge in [-0.05, 0) is 49.3 Å². The van der Waals surface area contributed by atoms with E-state index in [1.807, 2.05) is 31.2 Å². The van der Waals surface area contributed by atoms with E-state index in [9.17, 15) is 9.59 Å². The van der Waals surface area contributed by atoms with Gasteiger partial charge in [-0.15, -0.1) is 0 Å². The van der Waals surface area contributed by atoms with Crippen LogP contribution in [-0.4, -0.2) is 31.6 Å². The molecule has 0 aromatic heterocycles. The molecule has 0 spiro atoms. The van der Waals surface area contributed by atoms with Crippen molar-refractivity contribution >= 4 is 11.9 Å². The van der Waals surface area contributed by atoms with E-state index < -0.39 is 0 Å². The third-order valence-corrected chi connectivity index (χ3v) is 3.87. The van der Waals surface area contributed by atoms with Gasteiger partial charge in [0.2, 0.25) is 5.91 Å². The number of rotatable bonds is 9. The zero-order valence-electron chi connectivity index (χ0n) is 16.3. The van der Waals surface area contributed by atoms with Gasteiger partial charge in [-0.1, -0.05) is 24.3 Å². The number of carbonyl (C=O) groups excluding carboxylic acids is 2. The third-order valence-electron chi connectivity index (χ3n) is 3.87. The number of esters is 1. The molecule has 6 nitrogen and oxygen atoms in total. The van der Waals surface area contributed by atoms with E-state index >= 15 is 0 Å². The van der Waals surface area contributed by atoms with Crippen LogP contribution < -0.4 is 10.1 Å². The predicted molar refractivity (Wildman–Crippen MR) is 106 cm³/mol. The van der Waals surface area contributed by atoms with Crippen LogP contribution in [0.3, 0.4) is 0 Å². The largest absolute Gasteiger partial charge is 0.497 e. The lowest BCUT2D eigenvalue weighted by atomic mass is 10.1. The van der Waals surface area contributed by atoms with Crippen LogP contribution in [0.5, 0.6) is 5.75 Å². The van der Waals surface area contributed by atoms with E-state index in [-0.39, 0.29) is 17.9 Å². The van der Waals surface area contributed by atoms with Crippen molar-refractivity contribution in [3.05, 3.63) is 77.8 Å². The molecule has 6 heteroatoms. The molecule has 0 fully saturated rings. The summed E-state index contributed by atoms with van der Waals surface area (Å²) < 4.78 is 15.9. The van der Waals surface area contributed by atoms with Crippen molar-refractivity contribution < 1.29 is 23.8 Å². The summed E-state index contributed by atoms with van der Waals surface area (Å²) >= 11 is 0. The molecule has 28 heavy (non-hydrogen) atoms. The maximum atomic E-state index is 11.7. The molecule has 1 N–H and O–H groups in total. The highest BCUT2D eigenvalue weighted by molar-refractivity contribution is 5.91. The van der Waals surface area contributed by atoms with Crippen LogP contribution in [0, 0.1) is 0 Å². The Hall–Kier alpha value is -3.28. The first-order valence-electron chi connectivity index (χ1n) is 8.97. The number of hydrogen-bond donors (Lipinski definition) is 1. The molecule has 1 heterocycles. The number of hydrogen-bond acceptors (Lipinski definition) is 5. The maximum Gasteiger partial charge on any atom is 0.308 e. The predicted octanol–water partition coefficient (Wildman–Crippen LogP) is 3.22. The second-order valence-corrected chi connectivity index (χ2v) is 6.06. The van der Waals surface area contributed by atoms with Gasteiger partial charge in [0.25, 0.3) is 0 Å². The minimum atomic E-state index is -0.379. The molecule has 1 aromatic carbocycles. The Morgan fingerprint density at radius 3 is 2.64 bits per heavy atom. The Morgan fingerprint density at radius 2 is 2.00 bits per heavy atom. The van der Waals surface area contributed by atoms with Crippen molar-refractivity contribution in [1.82, 2.24) is 5.32 Å². The lowest BCUT2D eigenvalue weighted by Crippen LogP contribution is -2.31. The second kappa shape index (κ2) is 10.8. The van der Waals surface area contributed by atoms with E-state index in [4.69, 9.17) is 14.2 Å². The highest BCUT2D eigenvalue weighted by atomic mass is 16.5. The number of amides is 1. The average Bonchev–Trinajstić information content (AvgIpc) is 3.01. The Labute approximate surface area is 165 Å². The molecule has 1 aliphatic heterocycles. The summed E-state index contributed by atoms with van der Waals surface area (Å²) in [5.41, 5.74) is 1.07. The Balaban J connectivity index is 1.91. The number of carbonyl (C=O) groups is 2. The molecule has 0 saturated carbocycles. The van der Waals surface area contributed by atoms with Crippen LogP contribution in [0.1, 0.15) is 19.4 Å². The van der Waals surface area contributed by atoms with Gasteiger partial charge in [0, 0.05) is 13.0 Å². The van der Waals surface area contributed by atoms with Gasteiger partial charge in [-0.2, -0.15) is 0 Å². The molecule has 0 saturated heterocycles. The molecule has 0 bridgehead atoms. The van der Waals surface area contributed by atoms with Gasteiger partial charge in [-0.25, -0.2) is 0 Å². The van der Waals surface area contributed by atoms with Crippen LogP contribution >= 0.6 is 0 Å². The molecule has 2 rings (SSSR count). The summed E-state index contributed by atoms with van der Waals surface area (Å²) in [5.74, 6) is 1.29. The van der Waals surface area contributed by atoms with E-state index in [1.165, 1.54) is 13.0 Å². The van der Waals surface area contributed by atoms with Gasteiger partial charge in [0.1, 0.15) is 23.9 Å². The van der Waals surface area contributed by atoms with Crippen LogP contribution in [0.4, 0.5) is 0 Å². The van der Waals surface area contributed by atoms with E-state index in [0.29, 0.717) is 24.5 Å². The number of ether oxygens (including phenoxy) is 3. The van der Waals surface area contributed by atoms with Crippen molar-refractivity contribution in [2.75, 3.05) is 13.7 Å². The van der Waals surface area contributed by atoms with Crippen molar-refractivity contribution in [2.45, 2.75) is 26.3 Å². The minimum Gasteiger partial charge on any atom is -0.497 e. The van der Waals surface area contributed by atoms with Gasteiger partial charge >= 0.3 is 5.97 Å². The van der Waals surface area contributed by atoms with Crippen LogP contribution in [0.25, 0.3) is 0 Å². The summed E-state index contributed by atoms with van der Waals surface area (Å²) in [5, 5.41) is 2.89. The van der Waals surface area contributed by atoms with E-state index in [0.717, 1.165) is 11.3 Å². The standard InChI is InChI=1S/C22H25NO5/c1-4-7-19(28-16(2)24)8-5-6-13-27-21-15-22(25)23-20(21)14-17-9-11-18(26-3)12-10-17/h4-12,15,20H,13-14H2,1-3H3,(H,23,25)/b6-5+,7-4-,19-8+/t20-/m0/s1. The molecule has 1 aliphatic rings. The monoisotopic (exact) mass is 383 g/mol. The highest BCUT2D eigenvalue weighted by Gasteiger charge is 2.25. The topological polar surface area (TPSA) is 73.9 Å². The first-order valence-corrected chi connectivity index (χ1v) is 8.97. The number of allylic oxidation sites excluding steroid dienone is 4. The van der Waals surface area contributed by atoms with Crippen molar-refractivity contribution in [3.8, 4) is 5.75 Å². The fourth-order valence-corrected chi connectivity index (χ4v) is 2.62. The fourth-order valence-electron chi connectivity index (χ4n) is 2.62. The van der Waals surface area contributed by atoms with Crippen LogP contribution in [-0.2, 0) is 25.5 Å². The van der Waals surface area contributed by atoms with Crippen molar-refractivity contribution in [1.29, 1.82) is 0 Å². The quantitative estimate of drug-likeness (QED) is 0.403. The molecular formula is C22H25NO5. The highest BCUT2D eigenvalue weighted by Crippen LogP contribution is 2.18. The summed E-state index contributed by atoms with van der Waals surface area (Å²) in [6.45, 7) is 3.48. The lowest BCUT2D eigenvalue weighted by Gasteiger charge is -2.15. The molecule has 0 aliphatic carbocycles. The van der Waals surface area contributed by atoms with Crippen molar-refractivity contribution in [3.63, 3.8) is 0 Å². The fraction of sp³-hybridized carbons (Fsp3) is 0.273. The molecule has 1 amide bonds. The van der Waals surface area contributed by atoms with Gasteiger partial charge in [0.05, 0.1) is 13.2 Å². The summed E-state index contributed by atoms with van der Waals surface area (Å²) in [4.78, 5) is 22.8. The molecule has 1 aromatic rings.